The maximum absolute atomic E-state index is 13.1. The molecule has 34 heavy (non-hydrogen) atoms. The van der Waals surface area contributed by atoms with Gasteiger partial charge in [0.2, 0.25) is 21.1 Å². The van der Waals surface area contributed by atoms with Crippen LogP contribution in [0.4, 0.5) is 5.13 Å². The van der Waals surface area contributed by atoms with Crippen molar-refractivity contribution in [1.29, 1.82) is 0 Å². The number of hydrogen-bond acceptors (Lipinski definition) is 6. The largest absolute Gasteiger partial charge is 0.299 e. The van der Waals surface area contributed by atoms with E-state index >= 15 is 0 Å². The van der Waals surface area contributed by atoms with Crippen LogP contribution in [0.1, 0.15) is 46.6 Å². The van der Waals surface area contributed by atoms with Crippen molar-refractivity contribution in [3.05, 3.63) is 58.6 Å². The van der Waals surface area contributed by atoms with Crippen LogP contribution in [0.2, 0.25) is 0 Å². The van der Waals surface area contributed by atoms with Crippen molar-refractivity contribution >= 4 is 48.3 Å². The van der Waals surface area contributed by atoms with Crippen LogP contribution in [0.25, 0.3) is 10.6 Å². The van der Waals surface area contributed by atoms with Gasteiger partial charge in [-0.3, -0.25) is 10.1 Å². The van der Waals surface area contributed by atoms with Crippen molar-refractivity contribution in [2.45, 2.75) is 57.4 Å². The summed E-state index contributed by atoms with van der Waals surface area (Å²) in [5, 5.41) is 11.9. The van der Waals surface area contributed by atoms with Crippen molar-refractivity contribution in [1.82, 2.24) is 14.9 Å². The Labute approximate surface area is 213 Å². The molecule has 0 unspecified atom stereocenters. The second-order valence-electron chi connectivity index (χ2n) is 9.17. The van der Waals surface area contributed by atoms with Crippen molar-refractivity contribution < 1.29 is 13.2 Å². The number of carbonyl (C=O) groups is 1. The van der Waals surface area contributed by atoms with E-state index in [1.54, 1.807) is 24.3 Å². The monoisotopic (exact) mass is 564 g/mol. The topological polar surface area (TPSA) is 101 Å². The van der Waals surface area contributed by atoms with E-state index in [9.17, 15) is 13.2 Å². The molecule has 1 heterocycles. The van der Waals surface area contributed by atoms with Crippen LogP contribution < -0.4 is 10.0 Å². The number of benzene rings is 2. The Kier molecular flexibility index (Phi) is 8.28. The SMILES string of the molecule is CC[C@H](C)[C@H](NS(=O)(=O)c1ccc(C(C)(C)C)cc1)C(=O)Nc1nnc(-c2ccc(Br)cc2)s1. The minimum absolute atomic E-state index is 0.0916. The number of amides is 1. The van der Waals surface area contributed by atoms with Crippen LogP contribution in [0.15, 0.2) is 57.9 Å². The summed E-state index contributed by atoms with van der Waals surface area (Å²) >= 11 is 4.63. The third kappa shape index (κ3) is 6.50. The molecule has 0 saturated heterocycles. The fourth-order valence-corrected chi connectivity index (χ4v) is 5.52. The fourth-order valence-electron chi connectivity index (χ4n) is 3.20. The molecule has 0 aliphatic heterocycles. The summed E-state index contributed by atoms with van der Waals surface area (Å²) in [5.74, 6) is -0.703. The first-order valence-corrected chi connectivity index (χ1v) is 14.0. The number of carbonyl (C=O) groups excluding carboxylic acids is 1. The molecular formula is C24H29BrN4O3S2. The zero-order chi connectivity index (χ0) is 25.1. The van der Waals surface area contributed by atoms with Crippen LogP contribution in [-0.2, 0) is 20.2 Å². The maximum Gasteiger partial charge on any atom is 0.244 e. The molecule has 2 aromatic carbocycles. The van der Waals surface area contributed by atoms with Gasteiger partial charge in [-0.05, 0) is 41.2 Å². The highest BCUT2D eigenvalue weighted by Gasteiger charge is 2.30. The number of aromatic nitrogens is 2. The summed E-state index contributed by atoms with van der Waals surface area (Å²) in [5.41, 5.74) is 1.81. The highest BCUT2D eigenvalue weighted by Crippen LogP contribution is 2.28. The molecular weight excluding hydrogens is 536 g/mol. The molecule has 182 valence electrons. The Balaban J connectivity index is 1.78. The lowest BCUT2D eigenvalue weighted by Gasteiger charge is -2.23. The fraction of sp³-hybridized carbons (Fsp3) is 0.375. The number of anilines is 1. The molecule has 0 saturated carbocycles. The van der Waals surface area contributed by atoms with Gasteiger partial charge in [0.25, 0.3) is 0 Å². The molecule has 0 aliphatic carbocycles. The summed E-state index contributed by atoms with van der Waals surface area (Å²) in [7, 11) is -3.90. The predicted molar refractivity (Wildman–Crippen MR) is 140 cm³/mol. The average molecular weight is 566 g/mol. The summed E-state index contributed by atoms with van der Waals surface area (Å²) in [4.78, 5) is 13.2. The summed E-state index contributed by atoms with van der Waals surface area (Å²) in [6, 6.07) is 13.4. The smallest absolute Gasteiger partial charge is 0.244 e. The zero-order valence-electron chi connectivity index (χ0n) is 19.8. The van der Waals surface area contributed by atoms with E-state index in [2.05, 4.69) is 56.9 Å². The summed E-state index contributed by atoms with van der Waals surface area (Å²) in [6.07, 6.45) is 0.615. The van der Waals surface area contributed by atoms with E-state index in [0.29, 0.717) is 16.6 Å². The summed E-state index contributed by atoms with van der Waals surface area (Å²) < 4.78 is 29.7. The standard InChI is InChI=1S/C24H29BrN4O3S2/c1-6-15(2)20(29-34(31,32)19-13-9-17(10-14-19)24(3,4)5)21(30)26-23-28-27-22(33-23)16-7-11-18(25)12-8-16/h7-15,20,29H,6H2,1-5H3,(H,26,28,30)/t15-,20-/m0/s1. The Bertz CT molecular complexity index is 1230. The van der Waals surface area contributed by atoms with E-state index < -0.39 is 22.0 Å². The van der Waals surface area contributed by atoms with Crippen molar-refractivity contribution in [2.24, 2.45) is 5.92 Å². The molecule has 0 fully saturated rings. The Morgan fingerprint density at radius 2 is 1.68 bits per heavy atom. The summed E-state index contributed by atoms with van der Waals surface area (Å²) in [6.45, 7) is 9.94. The number of rotatable bonds is 8. The van der Waals surface area contributed by atoms with Crippen LogP contribution in [0.5, 0.6) is 0 Å². The van der Waals surface area contributed by atoms with Crippen LogP contribution >= 0.6 is 27.3 Å². The van der Waals surface area contributed by atoms with E-state index in [1.165, 1.54) is 11.3 Å². The highest BCUT2D eigenvalue weighted by molar-refractivity contribution is 9.10. The zero-order valence-corrected chi connectivity index (χ0v) is 23.0. The van der Waals surface area contributed by atoms with Gasteiger partial charge in [0, 0.05) is 10.0 Å². The van der Waals surface area contributed by atoms with Crippen molar-refractivity contribution in [3.8, 4) is 10.6 Å². The molecule has 0 bridgehead atoms. The van der Waals surface area contributed by atoms with Gasteiger partial charge in [-0.1, -0.05) is 92.6 Å². The number of nitrogens with zero attached hydrogens (tertiary/aromatic N) is 2. The molecule has 0 aliphatic rings. The molecule has 0 radical (unpaired) electrons. The first-order valence-electron chi connectivity index (χ1n) is 10.9. The molecule has 3 aromatic rings. The van der Waals surface area contributed by atoms with Gasteiger partial charge in [-0.2, -0.15) is 4.72 Å². The van der Waals surface area contributed by atoms with Gasteiger partial charge < -0.3 is 0 Å². The van der Waals surface area contributed by atoms with E-state index in [-0.39, 0.29) is 16.2 Å². The minimum Gasteiger partial charge on any atom is -0.299 e. The molecule has 1 amide bonds. The molecule has 0 spiro atoms. The maximum atomic E-state index is 13.1. The molecule has 10 heteroatoms. The third-order valence-corrected chi connectivity index (χ3v) is 8.43. The predicted octanol–water partition coefficient (Wildman–Crippen LogP) is 5.60. The van der Waals surface area contributed by atoms with E-state index in [4.69, 9.17) is 0 Å². The highest BCUT2D eigenvalue weighted by atomic mass is 79.9. The lowest BCUT2D eigenvalue weighted by molar-refractivity contribution is -0.118. The van der Waals surface area contributed by atoms with Crippen LogP contribution in [0.3, 0.4) is 0 Å². The molecule has 7 nitrogen and oxygen atoms in total. The molecule has 1 aromatic heterocycles. The number of hydrogen-bond donors (Lipinski definition) is 2. The van der Waals surface area contributed by atoms with E-state index in [1.807, 2.05) is 38.1 Å². The second kappa shape index (κ2) is 10.6. The first-order chi connectivity index (χ1) is 15.9. The van der Waals surface area contributed by atoms with Crippen LogP contribution in [-0.4, -0.2) is 30.6 Å². The van der Waals surface area contributed by atoms with Crippen molar-refractivity contribution in [2.75, 3.05) is 5.32 Å². The van der Waals surface area contributed by atoms with Crippen molar-refractivity contribution in [3.63, 3.8) is 0 Å². The number of halogens is 1. The third-order valence-electron chi connectivity index (χ3n) is 5.55. The number of nitrogens with one attached hydrogen (secondary N) is 2. The van der Waals surface area contributed by atoms with Gasteiger partial charge in [0.05, 0.1) is 4.90 Å². The second-order valence-corrected chi connectivity index (χ2v) is 12.8. The molecule has 2 N–H and O–H groups in total. The minimum atomic E-state index is -3.90. The van der Waals surface area contributed by atoms with Gasteiger partial charge in [-0.25, -0.2) is 8.42 Å². The molecule has 2 atom stereocenters. The first kappa shape index (κ1) is 26.5. The van der Waals surface area contributed by atoms with E-state index in [0.717, 1.165) is 15.6 Å². The Hall–Kier alpha value is -2.14. The Morgan fingerprint density at radius 3 is 2.24 bits per heavy atom. The normalized spacial score (nSPS) is 13.9. The van der Waals surface area contributed by atoms with Gasteiger partial charge in [0.15, 0.2) is 0 Å². The van der Waals surface area contributed by atoms with Gasteiger partial charge in [-0.15, -0.1) is 10.2 Å². The van der Waals surface area contributed by atoms with Gasteiger partial charge >= 0.3 is 0 Å². The molecule has 3 rings (SSSR count). The Morgan fingerprint density at radius 1 is 1.06 bits per heavy atom. The average Bonchev–Trinajstić information content (AvgIpc) is 3.25. The lowest BCUT2D eigenvalue weighted by Crippen LogP contribution is -2.47. The number of sulfonamides is 1. The lowest BCUT2D eigenvalue weighted by atomic mass is 9.87. The van der Waals surface area contributed by atoms with Gasteiger partial charge in [0.1, 0.15) is 11.0 Å². The quantitative estimate of drug-likeness (QED) is 0.371. The van der Waals surface area contributed by atoms with Crippen LogP contribution in [0, 0.1) is 5.92 Å².